The van der Waals surface area contributed by atoms with Gasteiger partial charge in [-0.25, -0.2) is 13.2 Å². The number of halogens is 1. The van der Waals surface area contributed by atoms with Gasteiger partial charge in [-0.3, -0.25) is 0 Å². The molecule has 8 heteroatoms. The number of carboxylic acids is 1. The van der Waals surface area contributed by atoms with E-state index in [0.717, 1.165) is 23.2 Å². The Morgan fingerprint density at radius 3 is 2.48 bits per heavy atom. The van der Waals surface area contributed by atoms with Crippen molar-refractivity contribution in [1.82, 2.24) is 4.31 Å². The Bertz CT molecular complexity index is 707. The van der Waals surface area contributed by atoms with Crippen molar-refractivity contribution in [3.63, 3.8) is 0 Å². The van der Waals surface area contributed by atoms with Crippen molar-refractivity contribution in [2.45, 2.75) is 23.3 Å². The zero-order chi connectivity index (χ0) is 15.4. The highest BCUT2D eigenvalue weighted by Crippen LogP contribution is 2.46. The molecule has 0 spiro atoms. The second kappa shape index (κ2) is 4.67. The molecule has 3 rings (SSSR count). The number of aliphatic hydroxyl groups is 1. The first-order valence-electron chi connectivity index (χ1n) is 6.49. The first kappa shape index (κ1) is 14.8. The molecule has 1 aliphatic heterocycles. The maximum absolute atomic E-state index is 12.5. The van der Waals surface area contributed by atoms with E-state index in [1.165, 1.54) is 12.1 Å². The number of benzene rings is 1. The van der Waals surface area contributed by atoms with E-state index in [9.17, 15) is 18.3 Å². The third kappa shape index (κ3) is 2.44. The Labute approximate surface area is 127 Å². The van der Waals surface area contributed by atoms with Gasteiger partial charge in [0.05, 0.1) is 16.2 Å². The van der Waals surface area contributed by atoms with Crippen LogP contribution in [0, 0.1) is 5.92 Å². The van der Waals surface area contributed by atoms with Crippen molar-refractivity contribution in [3.8, 4) is 0 Å². The van der Waals surface area contributed by atoms with E-state index < -0.39 is 21.6 Å². The lowest BCUT2D eigenvalue weighted by molar-refractivity contribution is -0.0764. The highest BCUT2D eigenvalue weighted by molar-refractivity contribution is 7.89. The van der Waals surface area contributed by atoms with Crippen LogP contribution in [0.15, 0.2) is 23.1 Å². The van der Waals surface area contributed by atoms with Gasteiger partial charge in [0.15, 0.2) is 0 Å². The Kier molecular flexibility index (Phi) is 3.29. The average molecular weight is 332 g/mol. The van der Waals surface area contributed by atoms with Gasteiger partial charge in [-0.1, -0.05) is 11.6 Å². The summed E-state index contributed by atoms with van der Waals surface area (Å²) in [6.07, 6.45) is 1.83. The number of aromatic carboxylic acids is 1. The van der Waals surface area contributed by atoms with Crippen LogP contribution in [-0.4, -0.2) is 47.6 Å². The molecule has 0 amide bonds. The molecule has 1 heterocycles. The molecule has 114 valence electrons. The molecule has 0 unspecified atom stereocenters. The normalized spacial score (nSPS) is 21.8. The Morgan fingerprint density at radius 1 is 1.33 bits per heavy atom. The minimum atomic E-state index is -3.89. The summed E-state index contributed by atoms with van der Waals surface area (Å²) in [5.74, 6) is -1.05. The summed E-state index contributed by atoms with van der Waals surface area (Å²) in [6.45, 7) is 0.0707. The smallest absolute Gasteiger partial charge is 0.335 e. The number of sulfonamides is 1. The maximum Gasteiger partial charge on any atom is 0.335 e. The summed E-state index contributed by atoms with van der Waals surface area (Å²) in [7, 11) is -3.89. The van der Waals surface area contributed by atoms with Gasteiger partial charge in [0, 0.05) is 13.1 Å². The summed E-state index contributed by atoms with van der Waals surface area (Å²) in [6, 6.07) is 3.56. The van der Waals surface area contributed by atoms with Gasteiger partial charge < -0.3 is 10.2 Å². The molecule has 0 aromatic heterocycles. The topological polar surface area (TPSA) is 94.9 Å². The van der Waals surface area contributed by atoms with E-state index in [4.69, 9.17) is 16.7 Å². The molecule has 2 N–H and O–H groups in total. The van der Waals surface area contributed by atoms with Crippen molar-refractivity contribution in [3.05, 3.63) is 28.8 Å². The molecule has 21 heavy (non-hydrogen) atoms. The third-order valence-electron chi connectivity index (χ3n) is 4.03. The molecule has 1 aromatic rings. The van der Waals surface area contributed by atoms with E-state index in [2.05, 4.69) is 0 Å². The van der Waals surface area contributed by atoms with Crippen LogP contribution in [0.25, 0.3) is 0 Å². The summed E-state index contributed by atoms with van der Waals surface area (Å²) >= 11 is 5.90. The second-order valence-electron chi connectivity index (χ2n) is 5.60. The Morgan fingerprint density at radius 2 is 1.95 bits per heavy atom. The molecule has 0 bridgehead atoms. The van der Waals surface area contributed by atoms with Crippen molar-refractivity contribution in [2.75, 3.05) is 13.1 Å². The molecule has 2 aliphatic rings. The van der Waals surface area contributed by atoms with Crippen LogP contribution >= 0.6 is 11.6 Å². The molecule has 1 aromatic carbocycles. The zero-order valence-corrected chi connectivity index (χ0v) is 12.6. The molecule has 1 saturated carbocycles. The SMILES string of the molecule is O=C(O)c1ccc(Cl)c(S(=O)(=O)N2CC(O)(C3CC3)C2)c1. The molecule has 1 aliphatic carbocycles. The number of β-amino-alcohol motifs (C(OH)–C–C–N with tert-alkyl or cyclic N) is 1. The molecule has 6 nitrogen and oxygen atoms in total. The number of hydrogen-bond donors (Lipinski definition) is 2. The van der Waals surface area contributed by atoms with Gasteiger partial charge in [0.1, 0.15) is 4.90 Å². The molecular weight excluding hydrogens is 318 g/mol. The molecule has 0 radical (unpaired) electrons. The number of carbonyl (C=O) groups is 1. The van der Waals surface area contributed by atoms with Crippen molar-refractivity contribution < 1.29 is 23.4 Å². The Hall–Kier alpha value is -1.15. The minimum Gasteiger partial charge on any atom is -0.478 e. The van der Waals surface area contributed by atoms with Crippen molar-refractivity contribution in [1.29, 1.82) is 0 Å². The monoisotopic (exact) mass is 331 g/mol. The lowest BCUT2D eigenvalue weighted by Gasteiger charge is -2.45. The summed E-state index contributed by atoms with van der Waals surface area (Å²) in [5.41, 5.74) is -1.08. The predicted molar refractivity (Wildman–Crippen MR) is 74.8 cm³/mol. The van der Waals surface area contributed by atoms with Crippen molar-refractivity contribution >= 4 is 27.6 Å². The summed E-state index contributed by atoms with van der Waals surface area (Å²) in [5, 5.41) is 19.1. The minimum absolute atomic E-state index is 0.0261. The lowest BCUT2D eigenvalue weighted by Crippen LogP contribution is -2.64. The Balaban J connectivity index is 1.89. The lowest BCUT2D eigenvalue weighted by atomic mass is 9.91. The fraction of sp³-hybridized carbons (Fsp3) is 0.462. The molecule has 2 fully saturated rings. The number of nitrogens with zero attached hydrogens (tertiary/aromatic N) is 1. The molecule has 1 saturated heterocycles. The molecule has 0 atom stereocenters. The van der Waals surface area contributed by atoms with Gasteiger partial charge >= 0.3 is 5.97 Å². The fourth-order valence-electron chi connectivity index (χ4n) is 2.59. The van der Waals surface area contributed by atoms with Crippen LogP contribution in [0.5, 0.6) is 0 Å². The van der Waals surface area contributed by atoms with Crippen LogP contribution in [0.1, 0.15) is 23.2 Å². The number of carboxylic acid groups (broad SMARTS) is 1. The quantitative estimate of drug-likeness (QED) is 0.864. The predicted octanol–water partition coefficient (Wildman–Crippen LogP) is 1.18. The van der Waals surface area contributed by atoms with E-state index in [-0.39, 0.29) is 34.5 Å². The van der Waals surface area contributed by atoms with Gasteiger partial charge in [0.2, 0.25) is 10.0 Å². The van der Waals surface area contributed by atoms with Crippen LogP contribution in [-0.2, 0) is 10.0 Å². The van der Waals surface area contributed by atoms with Gasteiger partial charge in [-0.05, 0) is 37.0 Å². The standard InChI is InChI=1S/C13H14ClNO5S/c14-10-4-1-8(12(16)17)5-11(10)21(19,20)15-6-13(18,7-15)9-2-3-9/h1,4-5,9,18H,2-3,6-7H2,(H,16,17). The van der Waals surface area contributed by atoms with Gasteiger partial charge in [-0.15, -0.1) is 0 Å². The van der Waals surface area contributed by atoms with Crippen molar-refractivity contribution in [2.24, 2.45) is 5.92 Å². The number of hydrogen-bond acceptors (Lipinski definition) is 4. The summed E-state index contributed by atoms with van der Waals surface area (Å²) in [4.78, 5) is 10.7. The summed E-state index contributed by atoms with van der Waals surface area (Å²) < 4.78 is 26.1. The first-order valence-corrected chi connectivity index (χ1v) is 8.31. The molecular formula is C13H14ClNO5S. The van der Waals surface area contributed by atoms with Crippen LogP contribution in [0.3, 0.4) is 0 Å². The zero-order valence-electron chi connectivity index (χ0n) is 11.0. The highest BCUT2D eigenvalue weighted by Gasteiger charge is 2.55. The second-order valence-corrected chi connectivity index (χ2v) is 7.91. The van der Waals surface area contributed by atoms with Crippen LogP contribution < -0.4 is 0 Å². The third-order valence-corrected chi connectivity index (χ3v) is 6.31. The van der Waals surface area contributed by atoms with Crippen LogP contribution in [0.4, 0.5) is 0 Å². The van der Waals surface area contributed by atoms with E-state index in [1.54, 1.807) is 0 Å². The first-order chi connectivity index (χ1) is 9.74. The van der Waals surface area contributed by atoms with E-state index >= 15 is 0 Å². The largest absolute Gasteiger partial charge is 0.478 e. The van der Waals surface area contributed by atoms with Gasteiger partial charge in [-0.2, -0.15) is 4.31 Å². The van der Waals surface area contributed by atoms with Gasteiger partial charge in [0.25, 0.3) is 0 Å². The maximum atomic E-state index is 12.5. The average Bonchev–Trinajstić information content (AvgIpc) is 3.19. The number of rotatable bonds is 4. The fourth-order valence-corrected chi connectivity index (χ4v) is 4.65. The highest BCUT2D eigenvalue weighted by atomic mass is 35.5. The van der Waals surface area contributed by atoms with E-state index in [1.807, 2.05) is 0 Å². The van der Waals surface area contributed by atoms with E-state index in [0.29, 0.717) is 0 Å². The van der Waals surface area contributed by atoms with Crippen LogP contribution in [0.2, 0.25) is 5.02 Å².